The Morgan fingerprint density at radius 2 is 1.82 bits per heavy atom. The van der Waals surface area contributed by atoms with Crippen molar-refractivity contribution in [3.63, 3.8) is 0 Å². The molecule has 8 heteroatoms. The second kappa shape index (κ2) is 11.7. The first-order chi connectivity index (χ1) is 16.1. The number of nitrogens with zero attached hydrogens (tertiary/aromatic N) is 3. The molecule has 1 aliphatic heterocycles. The summed E-state index contributed by atoms with van der Waals surface area (Å²) in [5.41, 5.74) is 0.867. The minimum atomic E-state index is -0.296. The molecule has 2 fully saturated rings. The van der Waals surface area contributed by atoms with Gasteiger partial charge in [-0.15, -0.1) is 11.3 Å². The van der Waals surface area contributed by atoms with Crippen LogP contribution in [0.4, 0.5) is 4.39 Å². The van der Waals surface area contributed by atoms with E-state index in [0.717, 1.165) is 49.3 Å². The van der Waals surface area contributed by atoms with E-state index in [-0.39, 0.29) is 30.1 Å². The van der Waals surface area contributed by atoms with Gasteiger partial charge in [0.05, 0.1) is 26.3 Å². The predicted octanol–water partition coefficient (Wildman–Crippen LogP) is 3.38. The SMILES string of the molecule is O=C(CN(CCN1CCOCC1)C(=O)C1CCC1)N(Cc1ccc(F)cc1)Cc1cccs1. The van der Waals surface area contributed by atoms with Crippen LogP contribution in [-0.4, -0.2) is 72.5 Å². The number of ether oxygens (including phenoxy) is 1. The van der Waals surface area contributed by atoms with Crippen molar-refractivity contribution in [2.75, 3.05) is 45.9 Å². The number of benzene rings is 1. The summed E-state index contributed by atoms with van der Waals surface area (Å²) in [5, 5.41) is 1.99. The number of rotatable bonds is 10. The van der Waals surface area contributed by atoms with Gasteiger partial charge in [0.1, 0.15) is 5.82 Å². The molecule has 1 aliphatic carbocycles. The Morgan fingerprint density at radius 3 is 2.45 bits per heavy atom. The van der Waals surface area contributed by atoms with Gasteiger partial charge in [-0.05, 0) is 42.0 Å². The second-order valence-corrected chi connectivity index (χ2v) is 9.83. The van der Waals surface area contributed by atoms with Crippen molar-refractivity contribution < 1.29 is 18.7 Å². The molecule has 4 rings (SSSR count). The summed E-state index contributed by atoms with van der Waals surface area (Å²) < 4.78 is 18.8. The molecular weight excluding hydrogens is 441 g/mol. The van der Waals surface area contributed by atoms with Gasteiger partial charge in [-0.3, -0.25) is 14.5 Å². The van der Waals surface area contributed by atoms with Crippen LogP contribution in [0.5, 0.6) is 0 Å². The molecule has 1 saturated carbocycles. The topological polar surface area (TPSA) is 53.1 Å². The molecule has 2 aromatic rings. The van der Waals surface area contributed by atoms with E-state index in [1.165, 1.54) is 12.1 Å². The van der Waals surface area contributed by atoms with Crippen LogP contribution in [-0.2, 0) is 27.4 Å². The molecule has 178 valence electrons. The second-order valence-electron chi connectivity index (χ2n) is 8.80. The first-order valence-corrected chi connectivity index (χ1v) is 12.6. The summed E-state index contributed by atoms with van der Waals surface area (Å²) >= 11 is 1.60. The highest BCUT2D eigenvalue weighted by Gasteiger charge is 2.31. The first kappa shape index (κ1) is 23.9. The van der Waals surface area contributed by atoms with E-state index in [1.54, 1.807) is 33.3 Å². The van der Waals surface area contributed by atoms with E-state index in [4.69, 9.17) is 4.74 Å². The Hall–Kier alpha value is -2.29. The molecule has 1 aromatic heterocycles. The average molecular weight is 474 g/mol. The van der Waals surface area contributed by atoms with Crippen molar-refractivity contribution >= 4 is 23.2 Å². The summed E-state index contributed by atoms with van der Waals surface area (Å²) in [4.78, 5) is 33.5. The van der Waals surface area contributed by atoms with Crippen LogP contribution in [0.1, 0.15) is 29.7 Å². The lowest BCUT2D eigenvalue weighted by molar-refractivity contribution is -0.145. The summed E-state index contributed by atoms with van der Waals surface area (Å²) in [5.74, 6) is -0.233. The normalized spacial score (nSPS) is 16.9. The largest absolute Gasteiger partial charge is 0.379 e. The standard InChI is InChI=1S/C25H32FN3O3S/c26-22-8-6-20(7-9-22)17-29(18-23-5-2-16-33-23)24(30)19-28(25(31)21-3-1-4-21)11-10-27-12-14-32-15-13-27/h2,5-9,16,21H,1,3-4,10-15,17-19H2. The molecule has 2 amide bonds. The fourth-order valence-corrected chi connectivity index (χ4v) is 4.88. The Labute approximate surface area is 198 Å². The fourth-order valence-electron chi connectivity index (χ4n) is 4.16. The van der Waals surface area contributed by atoms with E-state index in [1.807, 2.05) is 17.5 Å². The van der Waals surface area contributed by atoms with Gasteiger partial charge in [0.2, 0.25) is 11.8 Å². The number of amides is 2. The van der Waals surface area contributed by atoms with Crippen molar-refractivity contribution in [2.24, 2.45) is 5.92 Å². The third-order valence-electron chi connectivity index (χ3n) is 6.45. The minimum absolute atomic E-state index is 0.0466. The monoisotopic (exact) mass is 473 g/mol. The smallest absolute Gasteiger partial charge is 0.242 e. The molecule has 1 aromatic carbocycles. The highest BCUT2D eigenvalue weighted by molar-refractivity contribution is 7.09. The predicted molar refractivity (Wildman–Crippen MR) is 126 cm³/mol. The quantitative estimate of drug-likeness (QED) is 0.531. The van der Waals surface area contributed by atoms with Crippen molar-refractivity contribution in [1.82, 2.24) is 14.7 Å². The molecule has 0 radical (unpaired) electrons. The fraction of sp³-hybridized carbons (Fsp3) is 0.520. The number of carbonyl (C=O) groups excluding carboxylic acids is 2. The van der Waals surface area contributed by atoms with Crippen LogP contribution >= 0.6 is 11.3 Å². The number of hydrogen-bond acceptors (Lipinski definition) is 5. The first-order valence-electron chi connectivity index (χ1n) is 11.7. The van der Waals surface area contributed by atoms with Crippen molar-refractivity contribution in [2.45, 2.75) is 32.4 Å². The Balaban J connectivity index is 1.44. The Kier molecular flexibility index (Phi) is 8.47. The molecule has 2 heterocycles. The third kappa shape index (κ3) is 6.85. The van der Waals surface area contributed by atoms with Gasteiger partial charge < -0.3 is 14.5 Å². The zero-order valence-electron chi connectivity index (χ0n) is 19.0. The van der Waals surface area contributed by atoms with Crippen LogP contribution in [0.25, 0.3) is 0 Å². The summed E-state index contributed by atoms with van der Waals surface area (Å²) in [6.45, 7) is 5.36. The molecule has 0 bridgehead atoms. The Morgan fingerprint density at radius 1 is 1.06 bits per heavy atom. The van der Waals surface area contributed by atoms with Gasteiger partial charge in [0.25, 0.3) is 0 Å². The zero-order valence-corrected chi connectivity index (χ0v) is 19.8. The lowest BCUT2D eigenvalue weighted by Gasteiger charge is -2.35. The summed E-state index contributed by atoms with van der Waals surface area (Å²) in [6.07, 6.45) is 2.90. The van der Waals surface area contributed by atoms with E-state index < -0.39 is 0 Å². The van der Waals surface area contributed by atoms with E-state index in [2.05, 4.69) is 4.90 Å². The maximum atomic E-state index is 13.5. The van der Waals surface area contributed by atoms with Gasteiger partial charge in [0, 0.05) is 43.5 Å². The number of halogens is 1. The third-order valence-corrected chi connectivity index (χ3v) is 7.31. The van der Waals surface area contributed by atoms with E-state index >= 15 is 0 Å². The number of hydrogen-bond donors (Lipinski definition) is 0. The zero-order chi connectivity index (χ0) is 23.0. The number of carbonyl (C=O) groups is 2. The molecule has 1 saturated heterocycles. The van der Waals surface area contributed by atoms with Gasteiger partial charge in [0.15, 0.2) is 0 Å². The summed E-state index contributed by atoms with van der Waals surface area (Å²) in [7, 11) is 0. The van der Waals surface area contributed by atoms with Crippen LogP contribution in [0, 0.1) is 11.7 Å². The van der Waals surface area contributed by atoms with Crippen LogP contribution in [0.3, 0.4) is 0 Å². The summed E-state index contributed by atoms with van der Waals surface area (Å²) in [6, 6.07) is 10.2. The van der Waals surface area contributed by atoms with Crippen LogP contribution in [0.15, 0.2) is 41.8 Å². The maximum Gasteiger partial charge on any atom is 0.242 e. The molecule has 0 N–H and O–H groups in total. The van der Waals surface area contributed by atoms with Gasteiger partial charge in [-0.2, -0.15) is 0 Å². The highest BCUT2D eigenvalue weighted by atomic mass is 32.1. The molecule has 33 heavy (non-hydrogen) atoms. The molecule has 0 atom stereocenters. The lowest BCUT2D eigenvalue weighted by Crippen LogP contribution is -2.49. The van der Waals surface area contributed by atoms with Crippen molar-refractivity contribution in [1.29, 1.82) is 0 Å². The molecule has 6 nitrogen and oxygen atoms in total. The molecule has 2 aliphatic rings. The molecular formula is C25H32FN3O3S. The van der Waals surface area contributed by atoms with Crippen molar-refractivity contribution in [3.05, 3.63) is 58.0 Å². The number of thiophene rings is 1. The molecule has 0 spiro atoms. The lowest BCUT2D eigenvalue weighted by atomic mass is 9.84. The minimum Gasteiger partial charge on any atom is -0.379 e. The maximum absolute atomic E-state index is 13.5. The molecule has 0 unspecified atom stereocenters. The van der Waals surface area contributed by atoms with Gasteiger partial charge >= 0.3 is 0 Å². The average Bonchev–Trinajstić information content (AvgIpc) is 3.30. The highest BCUT2D eigenvalue weighted by Crippen LogP contribution is 2.28. The van der Waals surface area contributed by atoms with Crippen LogP contribution < -0.4 is 0 Å². The van der Waals surface area contributed by atoms with E-state index in [9.17, 15) is 14.0 Å². The van der Waals surface area contributed by atoms with Crippen molar-refractivity contribution in [3.8, 4) is 0 Å². The van der Waals surface area contributed by atoms with Gasteiger partial charge in [-0.25, -0.2) is 4.39 Å². The Bertz CT molecular complexity index is 896. The number of morpholine rings is 1. The van der Waals surface area contributed by atoms with Gasteiger partial charge in [-0.1, -0.05) is 24.6 Å². The van der Waals surface area contributed by atoms with Crippen LogP contribution in [0.2, 0.25) is 0 Å². The van der Waals surface area contributed by atoms with E-state index in [0.29, 0.717) is 32.8 Å².